The topological polar surface area (TPSA) is 42.0 Å². The number of hydrogen-bond donors (Lipinski definition) is 1. The Bertz CT molecular complexity index is 428. The molecule has 1 amide bonds. The van der Waals surface area contributed by atoms with Crippen LogP contribution in [0, 0.1) is 0 Å². The third-order valence-corrected chi connectivity index (χ3v) is 2.38. The van der Waals surface area contributed by atoms with Crippen LogP contribution in [0.5, 0.6) is 0 Å². The zero-order valence-electron chi connectivity index (χ0n) is 8.06. The number of aromatic nitrogens is 1. The molecule has 102 valence electrons. The van der Waals surface area contributed by atoms with Gasteiger partial charge in [0.2, 0.25) is 0 Å². The number of thiazole rings is 1. The molecule has 0 aliphatic heterocycles. The van der Waals surface area contributed by atoms with Crippen molar-refractivity contribution < 1.29 is 35.5 Å². The third kappa shape index (κ3) is 2.40. The van der Waals surface area contributed by atoms with Gasteiger partial charge in [-0.25, -0.2) is 4.98 Å². The number of nitrogens with zero attached hydrogens (tertiary/aromatic N) is 1. The maximum Gasteiger partial charge on any atom is 0.460 e. The summed E-state index contributed by atoms with van der Waals surface area (Å²) in [6, 6.07) is 0. The predicted octanol–water partition coefficient (Wildman–Crippen LogP) is 2.91. The minimum atomic E-state index is -6.54. The molecule has 0 bridgehead atoms. The van der Waals surface area contributed by atoms with Gasteiger partial charge >= 0.3 is 23.9 Å². The van der Waals surface area contributed by atoms with Gasteiger partial charge in [0.25, 0.3) is 0 Å². The Balaban J connectivity index is 2.96. The summed E-state index contributed by atoms with van der Waals surface area (Å²) in [7, 11) is 0. The largest absolute Gasteiger partial charge is 0.460 e. The van der Waals surface area contributed by atoms with E-state index in [-0.39, 0.29) is 0 Å². The van der Waals surface area contributed by atoms with E-state index in [1.54, 1.807) is 0 Å². The Kier molecular flexibility index (Phi) is 3.56. The van der Waals surface area contributed by atoms with E-state index in [0.717, 1.165) is 6.20 Å². The number of nitrogens with one attached hydrogen (secondary N) is 1. The normalized spacial score (nSPS) is 13.5. The van der Waals surface area contributed by atoms with Crippen molar-refractivity contribution in [2.24, 2.45) is 0 Å². The average Bonchev–Trinajstić information content (AvgIpc) is 2.68. The summed E-state index contributed by atoms with van der Waals surface area (Å²) in [6.07, 6.45) is -5.50. The first-order chi connectivity index (χ1) is 8.00. The van der Waals surface area contributed by atoms with Crippen molar-refractivity contribution >= 4 is 22.4 Å². The van der Waals surface area contributed by atoms with Crippen LogP contribution in [-0.2, 0) is 4.79 Å². The second-order valence-corrected chi connectivity index (χ2v) is 3.83. The molecule has 0 radical (unpaired) electrons. The number of halogens is 7. The molecule has 1 aromatic rings. The molecule has 1 N–H and O–H groups in total. The van der Waals surface area contributed by atoms with Crippen molar-refractivity contribution in [3.63, 3.8) is 0 Å². The molecule has 0 aliphatic carbocycles. The van der Waals surface area contributed by atoms with Crippen molar-refractivity contribution in [2.45, 2.75) is 18.0 Å². The Morgan fingerprint density at radius 1 is 1.17 bits per heavy atom. The average molecular weight is 296 g/mol. The van der Waals surface area contributed by atoms with Gasteiger partial charge in [0, 0.05) is 11.6 Å². The Hall–Kier alpha value is -1.39. The molecule has 0 spiro atoms. The molecule has 0 saturated carbocycles. The van der Waals surface area contributed by atoms with Crippen LogP contribution in [0.25, 0.3) is 0 Å². The number of rotatable bonds is 3. The lowest BCUT2D eigenvalue weighted by molar-refractivity contribution is -0.343. The Labute approximate surface area is 98.6 Å². The molecule has 0 fully saturated rings. The first kappa shape index (κ1) is 14.7. The molecule has 0 aliphatic rings. The van der Waals surface area contributed by atoms with Gasteiger partial charge in [-0.1, -0.05) is 0 Å². The van der Waals surface area contributed by atoms with Crippen LogP contribution < -0.4 is 5.32 Å². The van der Waals surface area contributed by atoms with E-state index >= 15 is 0 Å². The second kappa shape index (κ2) is 4.37. The predicted molar refractivity (Wildman–Crippen MR) is 46.7 cm³/mol. The van der Waals surface area contributed by atoms with E-state index < -0.39 is 29.1 Å². The van der Waals surface area contributed by atoms with Crippen LogP contribution in [0.15, 0.2) is 11.6 Å². The van der Waals surface area contributed by atoms with Crippen molar-refractivity contribution in [2.75, 3.05) is 5.32 Å². The minimum Gasteiger partial charge on any atom is -0.296 e. The second-order valence-electron chi connectivity index (χ2n) is 2.94. The summed E-state index contributed by atoms with van der Waals surface area (Å²) in [4.78, 5) is 14.0. The zero-order chi connectivity index (χ0) is 14.2. The number of hydrogen-bond acceptors (Lipinski definition) is 3. The number of amides is 1. The summed E-state index contributed by atoms with van der Waals surface area (Å²) >= 11 is 0.583. The molecule has 0 atom stereocenters. The monoisotopic (exact) mass is 296 g/mol. The Morgan fingerprint density at radius 2 is 1.72 bits per heavy atom. The molecule has 1 aromatic heterocycles. The van der Waals surface area contributed by atoms with E-state index in [2.05, 4.69) is 4.98 Å². The molecule has 0 saturated heterocycles. The third-order valence-electron chi connectivity index (χ3n) is 1.69. The van der Waals surface area contributed by atoms with Gasteiger partial charge < -0.3 is 0 Å². The van der Waals surface area contributed by atoms with Crippen LogP contribution in [0.2, 0.25) is 0 Å². The maximum atomic E-state index is 12.8. The van der Waals surface area contributed by atoms with E-state index in [1.807, 2.05) is 0 Å². The SMILES string of the molecule is O=C(Nc1nccs1)C(F)(F)C(F)(F)C(F)(F)F. The zero-order valence-corrected chi connectivity index (χ0v) is 8.88. The van der Waals surface area contributed by atoms with Crippen molar-refractivity contribution in [3.8, 4) is 0 Å². The van der Waals surface area contributed by atoms with Crippen LogP contribution >= 0.6 is 11.3 Å². The van der Waals surface area contributed by atoms with Gasteiger partial charge in [-0.15, -0.1) is 11.3 Å². The molecular weight excluding hydrogens is 293 g/mol. The van der Waals surface area contributed by atoms with Crippen LogP contribution in [-0.4, -0.2) is 28.9 Å². The fourth-order valence-corrected chi connectivity index (χ4v) is 1.31. The summed E-state index contributed by atoms with van der Waals surface area (Å²) in [6.45, 7) is 0. The molecule has 0 aromatic carbocycles. The molecule has 0 unspecified atom stereocenters. The number of carbonyl (C=O) groups excluding carboxylic acids is 1. The standard InChI is InChI=1S/C7H3F7N2OS/c8-5(9,6(10,11)7(12,13)14)3(17)16-4-15-1-2-18-4/h1-2H,(H,15,16,17). The van der Waals surface area contributed by atoms with Crippen molar-refractivity contribution in [1.82, 2.24) is 4.98 Å². The molecule has 11 heteroatoms. The van der Waals surface area contributed by atoms with Gasteiger partial charge in [-0.05, 0) is 0 Å². The number of alkyl halides is 7. The van der Waals surface area contributed by atoms with E-state index in [4.69, 9.17) is 0 Å². The van der Waals surface area contributed by atoms with Crippen LogP contribution in [0.1, 0.15) is 0 Å². The summed E-state index contributed by atoms with van der Waals surface area (Å²) < 4.78 is 85.7. The molecule has 18 heavy (non-hydrogen) atoms. The highest BCUT2D eigenvalue weighted by Gasteiger charge is 2.76. The maximum absolute atomic E-state index is 12.8. The van der Waals surface area contributed by atoms with E-state index in [1.165, 1.54) is 10.7 Å². The van der Waals surface area contributed by atoms with Gasteiger partial charge in [0.1, 0.15) is 0 Å². The lowest BCUT2D eigenvalue weighted by Crippen LogP contribution is -2.57. The summed E-state index contributed by atoms with van der Waals surface area (Å²) in [5.74, 6) is -15.2. The van der Waals surface area contributed by atoms with E-state index in [9.17, 15) is 35.5 Å². The van der Waals surface area contributed by atoms with Crippen LogP contribution in [0.3, 0.4) is 0 Å². The van der Waals surface area contributed by atoms with Gasteiger partial charge in [-0.2, -0.15) is 30.7 Å². The fraction of sp³-hybridized carbons (Fsp3) is 0.429. The quantitative estimate of drug-likeness (QED) is 0.871. The highest BCUT2D eigenvalue weighted by atomic mass is 32.1. The molecule has 1 heterocycles. The van der Waals surface area contributed by atoms with Gasteiger partial charge in [0.05, 0.1) is 0 Å². The first-order valence-electron chi connectivity index (χ1n) is 4.03. The first-order valence-corrected chi connectivity index (χ1v) is 4.91. The Morgan fingerprint density at radius 3 is 2.11 bits per heavy atom. The highest BCUT2D eigenvalue weighted by molar-refractivity contribution is 7.13. The van der Waals surface area contributed by atoms with Gasteiger partial charge in [-0.3, -0.25) is 10.1 Å². The smallest absolute Gasteiger partial charge is 0.296 e. The lowest BCUT2D eigenvalue weighted by Gasteiger charge is -2.26. The van der Waals surface area contributed by atoms with Crippen molar-refractivity contribution in [3.05, 3.63) is 11.6 Å². The minimum absolute atomic E-state index is 0.516. The summed E-state index contributed by atoms with van der Waals surface area (Å²) in [5.41, 5.74) is 0. The number of anilines is 1. The highest BCUT2D eigenvalue weighted by Crippen LogP contribution is 2.46. The number of carbonyl (C=O) groups is 1. The molecule has 3 nitrogen and oxygen atoms in total. The lowest BCUT2D eigenvalue weighted by atomic mass is 10.1. The van der Waals surface area contributed by atoms with Crippen LogP contribution in [0.4, 0.5) is 35.9 Å². The van der Waals surface area contributed by atoms with Gasteiger partial charge in [0.15, 0.2) is 5.13 Å². The summed E-state index contributed by atoms with van der Waals surface area (Å²) in [5, 5.41) is 1.87. The fourth-order valence-electron chi connectivity index (χ4n) is 0.781. The molecular formula is C7H3F7N2OS. The molecule has 1 rings (SSSR count). The van der Waals surface area contributed by atoms with Crippen molar-refractivity contribution in [1.29, 1.82) is 0 Å². The van der Waals surface area contributed by atoms with E-state index in [0.29, 0.717) is 11.3 Å².